The van der Waals surface area contributed by atoms with Crippen LogP contribution >= 0.6 is 21.6 Å². The van der Waals surface area contributed by atoms with Gasteiger partial charge in [0.25, 0.3) is 0 Å². The van der Waals surface area contributed by atoms with Crippen molar-refractivity contribution in [2.24, 2.45) is 0 Å². The smallest absolute Gasteiger partial charge is 0.310 e. The van der Waals surface area contributed by atoms with Crippen molar-refractivity contribution in [3.05, 3.63) is 57.4 Å². The summed E-state index contributed by atoms with van der Waals surface area (Å²) in [5.41, 5.74) is 1.03. The zero-order chi connectivity index (χ0) is 23.4. The Morgan fingerprint density at radius 1 is 1.12 bits per heavy atom. The number of nitrogens with zero attached hydrogens (tertiary/aromatic N) is 2. The van der Waals surface area contributed by atoms with Crippen molar-refractivity contribution < 1.29 is 32.6 Å². The van der Waals surface area contributed by atoms with E-state index in [1.54, 1.807) is 0 Å². The molecule has 2 aliphatic rings. The highest BCUT2D eigenvalue weighted by Gasteiger charge is 2.65. The number of hydrogen-bond acceptors (Lipinski definition) is 5. The summed E-state index contributed by atoms with van der Waals surface area (Å²) in [6.45, 7) is 0.0459. The summed E-state index contributed by atoms with van der Waals surface area (Å²) in [6.07, 6.45) is 3.11. The van der Waals surface area contributed by atoms with Gasteiger partial charge in [0.15, 0.2) is 9.84 Å². The van der Waals surface area contributed by atoms with Crippen LogP contribution in [0.5, 0.6) is 0 Å². The van der Waals surface area contributed by atoms with Crippen LogP contribution in [0.15, 0.2) is 46.0 Å². The van der Waals surface area contributed by atoms with Gasteiger partial charge in [-0.2, -0.15) is 0 Å². The molecular formula is C19H19F5N2O3S3. The summed E-state index contributed by atoms with van der Waals surface area (Å²) in [5.74, 6) is -0.438. The van der Waals surface area contributed by atoms with Crippen molar-refractivity contribution in [2.45, 2.75) is 42.7 Å². The average molecular weight is 515 g/mol. The zero-order valence-electron chi connectivity index (χ0n) is 16.5. The van der Waals surface area contributed by atoms with E-state index in [9.17, 15) is 32.6 Å². The Morgan fingerprint density at radius 3 is 2.31 bits per heavy atom. The largest absolute Gasteiger partial charge is 0.328 e. The number of carbonyl (C=O) groups is 1. The van der Waals surface area contributed by atoms with Gasteiger partial charge < -0.3 is 4.90 Å². The van der Waals surface area contributed by atoms with Crippen LogP contribution in [0, 0.1) is 0 Å². The summed E-state index contributed by atoms with van der Waals surface area (Å²) < 4.78 is 88.3. The second kappa shape index (κ2) is 7.00. The number of halogens is 5. The molecule has 0 unspecified atom stereocenters. The Balaban J connectivity index is 1.54. The fourth-order valence-corrected chi connectivity index (χ4v) is 6.22. The van der Waals surface area contributed by atoms with E-state index < -0.39 is 36.9 Å². The standard InChI is InChI=1S/C19H19F5N2O3S3/c20-32(21,22,23,24)16-5-1-13(2-6-16)9-19(27)26(15-7-8-31(28,29)12-15)10-18-25-17(11-30-18)14-3-4-14/h1-2,5-8,11,14-15H,3-4,9-10,12H2/t15-/m0/s1. The lowest BCUT2D eigenvalue weighted by molar-refractivity contribution is -0.132. The lowest BCUT2D eigenvalue weighted by Gasteiger charge is -2.40. The number of rotatable bonds is 7. The molecule has 1 aliphatic heterocycles. The van der Waals surface area contributed by atoms with Crippen LogP contribution in [-0.2, 0) is 27.6 Å². The normalized spacial score (nSPS) is 22.3. The molecule has 0 radical (unpaired) electrons. The first kappa shape index (κ1) is 23.2. The molecule has 1 atom stereocenters. The minimum atomic E-state index is -9.80. The summed E-state index contributed by atoms with van der Waals surface area (Å²) in [7, 11) is -13.3. The molecule has 0 bridgehead atoms. The van der Waals surface area contributed by atoms with E-state index in [1.807, 2.05) is 5.38 Å². The number of carbonyl (C=O) groups excluding carboxylic acids is 1. The van der Waals surface area contributed by atoms with Crippen molar-refractivity contribution in [1.82, 2.24) is 9.88 Å². The van der Waals surface area contributed by atoms with Crippen LogP contribution in [0.3, 0.4) is 0 Å². The second-order valence-corrected chi connectivity index (χ2v) is 13.3. The number of hydrogen-bond donors (Lipinski definition) is 0. The van der Waals surface area contributed by atoms with Crippen molar-refractivity contribution in [1.29, 1.82) is 0 Å². The monoisotopic (exact) mass is 514 g/mol. The average Bonchev–Trinajstić information content (AvgIpc) is 3.29. The molecular weight excluding hydrogens is 495 g/mol. The van der Waals surface area contributed by atoms with Gasteiger partial charge >= 0.3 is 10.2 Å². The van der Waals surface area contributed by atoms with E-state index in [2.05, 4.69) is 4.98 Å². The third-order valence-electron chi connectivity index (χ3n) is 5.23. The molecule has 32 heavy (non-hydrogen) atoms. The van der Waals surface area contributed by atoms with E-state index in [-0.39, 0.29) is 36.4 Å². The summed E-state index contributed by atoms with van der Waals surface area (Å²) in [6, 6.07) is 1.44. The molecule has 4 rings (SSSR count). The Labute approximate surface area is 185 Å². The first-order valence-electron chi connectivity index (χ1n) is 9.57. The molecule has 1 saturated carbocycles. The molecule has 5 nitrogen and oxygen atoms in total. The first-order valence-corrected chi connectivity index (χ1v) is 14.1. The maximum atomic E-state index is 13.0. The Kier molecular flexibility index (Phi) is 5.07. The molecule has 13 heteroatoms. The predicted octanol–water partition coefficient (Wildman–Crippen LogP) is 5.56. The topological polar surface area (TPSA) is 67.3 Å². The third kappa shape index (κ3) is 5.49. The van der Waals surface area contributed by atoms with Gasteiger partial charge in [-0.1, -0.05) is 31.6 Å². The number of sulfone groups is 1. The highest BCUT2D eigenvalue weighted by atomic mass is 32.5. The van der Waals surface area contributed by atoms with Gasteiger partial charge in [-0.25, -0.2) is 13.4 Å². The summed E-state index contributed by atoms with van der Waals surface area (Å²) in [4.78, 5) is 16.8. The van der Waals surface area contributed by atoms with Crippen LogP contribution in [0.2, 0.25) is 0 Å². The minimum absolute atomic E-state index is 0.0459. The van der Waals surface area contributed by atoms with E-state index in [0.717, 1.165) is 36.1 Å². The SMILES string of the molecule is O=C(Cc1ccc(S(F)(F)(F)(F)F)cc1)N(Cc1nc(C2CC2)cs1)[C@H]1C=CS(=O)(=O)C1. The van der Waals surface area contributed by atoms with Crippen LogP contribution in [-0.4, -0.2) is 36.0 Å². The molecule has 0 saturated heterocycles. The molecule has 1 amide bonds. The molecule has 1 aliphatic carbocycles. The summed E-state index contributed by atoms with van der Waals surface area (Å²) in [5, 5.41) is 3.54. The second-order valence-electron chi connectivity index (χ2n) is 7.98. The Bertz CT molecular complexity index is 1190. The van der Waals surface area contributed by atoms with Crippen LogP contribution in [0.1, 0.15) is 35.0 Å². The molecule has 176 valence electrons. The maximum absolute atomic E-state index is 13.0. The lowest BCUT2D eigenvalue weighted by atomic mass is 10.1. The van der Waals surface area contributed by atoms with Gasteiger partial charge in [-0.3, -0.25) is 4.79 Å². The number of benzene rings is 1. The quantitative estimate of drug-likeness (QED) is 0.454. The first-order chi connectivity index (χ1) is 14.6. The van der Waals surface area contributed by atoms with Gasteiger partial charge in [0, 0.05) is 16.7 Å². The van der Waals surface area contributed by atoms with Crippen LogP contribution in [0.25, 0.3) is 0 Å². The molecule has 2 heterocycles. The lowest BCUT2D eigenvalue weighted by Crippen LogP contribution is -2.41. The fourth-order valence-electron chi connectivity index (χ4n) is 3.39. The summed E-state index contributed by atoms with van der Waals surface area (Å²) >= 11 is 1.35. The Hall–Kier alpha value is -1.99. The van der Waals surface area contributed by atoms with Crippen molar-refractivity contribution >= 4 is 37.3 Å². The maximum Gasteiger partial charge on any atom is 0.310 e. The van der Waals surface area contributed by atoms with Gasteiger partial charge in [0.1, 0.15) is 9.90 Å². The molecule has 2 aromatic rings. The highest BCUT2D eigenvalue weighted by molar-refractivity contribution is 8.45. The van der Waals surface area contributed by atoms with Crippen LogP contribution in [0.4, 0.5) is 19.4 Å². The van der Waals surface area contributed by atoms with Crippen molar-refractivity contribution in [3.63, 3.8) is 0 Å². The fraction of sp³-hybridized carbons (Fsp3) is 0.368. The molecule has 0 spiro atoms. The van der Waals surface area contributed by atoms with Gasteiger partial charge in [0.2, 0.25) is 5.91 Å². The molecule has 0 N–H and O–H groups in total. The number of amides is 1. The minimum Gasteiger partial charge on any atom is -0.328 e. The Morgan fingerprint density at radius 2 is 1.78 bits per heavy atom. The highest BCUT2D eigenvalue weighted by Crippen LogP contribution is 3.02. The van der Waals surface area contributed by atoms with Crippen LogP contribution < -0.4 is 0 Å². The van der Waals surface area contributed by atoms with E-state index >= 15 is 0 Å². The third-order valence-corrected chi connectivity index (χ3v) is 8.62. The van der Waals surface area contributed by atoms with Gasteiger partial charge in [0.05, 0.1) is 30.5 Å². The van der Waals surface area contributed by atoms with E-state index in [0.29, 0.717) is 10.9 Å². The predicted molar refractivity (Wildman–Crippen MR) is 113 cm³/mol. The van der Waals surface area contributed by atoms with Crippen molar-refractivity contribution in [2.75, 3.05) is 5.75 Å². The molecule has 1 aromatic carbocycles. The zero-order valence-corrected chi connectivity index (χ0v) is 18.9. The molecule has 1 fully saturated rings. The number of aromatic nitrogens is 1. The van der Waals surface area contributed by atoms with E-state index in [1.165, 1.54) is 22.3 Å². The van der Waals surface area contributed by atoms with E-state index in [4.69, 9.17) is 0 Å². The van der Waals surface area contributed by atoms with Gasteiger partial charge in [-0.15, -0.1) is 11.3 Å². The van der Waals surface area contributed by atoms with Crippen molar-refractivity contribution in [3.8, 4) is 0 Å². The number of thiazole rings is 1. The van der Waals surface area contributed by atoms with Gasteiger partial charge in [-0.05, 0) is 36.6 Å². The molecule has 1 aromatic heterocycles.